The van der Waals surface area contributed by atoms with Crippen molar-refractivity contribution >= 4 is 28.6 Å². The van der Waals surface area contributed by atoms with Crippen LogP contribution in [0.5, 0.6) is 0 Å². The van der Waals surface area contributed by atoms with Crippen LogP contribution >= 0.6 is 11.6 Å². The van der Waals surface area contributed by atoms with E-state index >= 15 is 0 Å². The summed E-state index contributed by atoms with van der Waals surface area (Å²) in [6.07, 6.45) is 7.15. The predicted octanol–water partition coefficient (Wildman–Crippen LogP) is 4.85. The molecule has 0 aliphatic rings. The number of fused-ring (bicyclic) bond motifs is 1. The fourth-order valence-corrected chi connectivity index (χ4v) is 3.23. The molecule has 1 unspecified atom stereocenters. The lowest BCUT2D eigenvalue weighted by atomic mass is 10.1. The quantitative estimate of drug-likeness (QED) is 0.600. The lowest BCUT2D eigenvalue weighted by Crippen LogP contribution is -2.07. The van der Waals surface area contributed by atoms with Crippen LogP contribution < -0.4 is 5.32 Å². The summed E-state index contributed by atoms with van der Waals surface area (Å²) < 4.78 is 2.09. The second kappa shape index (κ2) is 7.99. The Morgan fingerprint density at radius 2 is 2.04 bits per heavy atom. The molecule has 0 bridgehead atoms. The first-order valence-electron chi connectivity index (χ1n) is 9.05. The molecule has 1 atom stereocenters. The van der Waals surface area contributed by atoms with Crippen LogP contribution in [0.4, 0.5) is 5.82 Å². The molecule has 1 N–H and O–H groups in total. The third-order valence-corrected chi connectivity index (χ3v) is 4.82. The Hall–Kier alpha value is -2.21. The lowest BCUT2D eigenvalue weighted by molar-refractivity contribution is 0.493. The molecule has 0 saturated heterocycles. The zero-order valence-corrected chi connectivity index (χ0v) is 16.5. The van der Waals surface area contributed by atoms with Gasteiger partial charge in [-0.3, -0.25) is 4.98 Å². The van der Waals surface area contributed by atoms with E-state index in [0.29, 0.717) is 18.4 Å². The minimum Gasteiger partial charge on any atom is -0.364 e. The van der Waals surface area contributed by atoms with E-state index in [1.807, 2.05) is 19.4 Å². The number of aromatic nitrogens is 5. The number of anilines is 1. The number of unbranched alkanes of at least 4 members (excludes halogenated alkanes) is 1. The van der Waals surface area contributed by atoms with E-state index in [0.717, 1.165) is 28.8 Å². The fraction of sp³-hybridized carbons (Fsp3) is 0.474. The smallest absolute Gasteiger partial charge is 0.226 e. The Kier molecular flexibility index (Phi) is 5.71. The molecule has 6 nitrogen and oxygen atoms in total. The Morgan fingerprint density at radius 3 is 2.77 bits per heavy atom. The molecule has 7 heteroatoms. The summed E-state index contributed by atoms with van der Waals surface area (Å²) in [7, 11) is 0. The van der Waals surface area contributed by atoms with E-state index in [4.69, 9.17) is 11.6 Å². The maximum atomic E-state index is 6.18. The zero-order chi connectivity index (χ0) is 18.7. The average molecular weight is 373 g/mol. The molecule has 0 fully saturated rings. The van der Waals surface area contributed by atoms with Crippen molar-refractivity contribution in [3.05, 3.63) is 40.7 Å². The van der Waals surface area contributed by atoms with Crippen LogP contribution in [0, 0.1) is 13.8 Å². The highest BCUT2D eigenvalue weighted by molar-refractivity contribution is 6.28. The highest BCUT2D eigenvalue weighted by Crippen LogP contribution is 2.26. The van der Waals surface area contributed by atoms with Gasteiger partial charge in [0.1, 0.15) is 0 Å². The number of nitrogens with one attached hydrogen (secondary N) is 1. The Morgan fingerprint density at radius 1 is 1.23 bits per heavy atom. The van der Waals surface area contributed by atoms with Crippen LogP contribution in [-0.4, -0.2) is 24.5 Å². The number of aryl methyl sites for hydroxylation is 2. The van der Waals surface area contributed by atoms with Gasteiger partial charge in [0.15, 0.2) is 17.0 Å². The van der Waals surface area contributed by atoms with Crippen molar-refractivity contribution in [1.29, 1.82) is 0 Å². The third-order valence-electron chi connectivity index (χ3n) is 4.65. The van der Waals surface area contributed by atoms with Crippen molar-refractivity contribution in [3.8, 4) is 0 Å². The first-order valence-corrected chi connectivity index (χ1v) is 9.43. The van der Waals surface area contributed by atoms with Gasteiger partial charge in [0, 0.05) is 24.5 Å². The summed E-state index contributed by atoms with van der Waals surface area (Å²) in [5.74, 6) is 0.654. The standard InChI is InChI=1S/C19H25ClN6/c1-5-6-7-14(4)26-11-23-16-17(24-19(20)25-18(16)26)22-10-15-9-21-13(3)8-12(15)2/h8-9,11,14H,5-7,10H2,1-4H3,(H,22,24,25). The van der Waals surface area contributed by atoms with Crippen molar-refractivity contribution in [2.75, 3.05) is 5.32 Å². The summed E-state index contributed by atoms with van der Waals surface area (Å²) in [5, 5.41) is 3.57. The molecule has 0 saturated carbocycles. The molecular formula is C19H25ClN6. The largest absolute Gasteiger partial charge is 0.364 e. The summed E-state index contributed by atoms with van der Waals surface area (Å²) in [6.45, 7) is 9.06. The van der Waals surface area contributed by atoms with E-state index < -0.39 is 0 Å². The molecule has 3 aromatic heterocycles. The normalized spacial score (nSPS) is 12.5. The minimum atomic E-state index is 0.225. The number of nitrogens with zero attached hydrogens (tertiary/aromatic N) is 5. The molecule has 0 aliphatic carbocycles. The Labute approximate surface area is 159 Å². The van der Waals surface area contributed by atoms with Gasteiger partial charge in [-0.15, -0.1) is 0 Å². The minimum absolute atomic E-state index is 0.225. The maximum Gasteiger partial charge on any atom is 0.226 e. The number of rotatable bonds is 7. The topological polar surface area (TPSA) is 68.5 Å². The fourth-order valence-electron chi connectivity index (χ4n) is 3.06. The van der Waals surface area contributed by atoms with Gasteiger partial charge in [0.2, 0.25) is 5.28 Å². The summed E-state index contributed by atoms with van der Waals surface area (Å²) in [4.78, 5) is 17.7. The second-order valence-electron chi connectivity index (χ2n) is 6.76. The first-order chi connectivity index (χ1) is 12.5. The van der Waals surface area contributed by atoms with Gasteiger partial charge in [-0.2, -0.15) is 9.97 Å². The van der Waals surface area contributed by atoms with Crippen LogP contribution in [0.15, 0.2) is 18.6 Å². The molecule has 0 aliphatic heterocycles. The molecule has 0 aromatic carbocycles. The zero-order valence-electron chi connectivity index (χ0n) is 15.8. The molecular weight excluding hydrogens is 348 g/mol. The molecule has 138 valence electrons. The number of hydrogen-bond donors (Lipinski definition) is 1. The van der Waals surface area contributed by atoms with Gasteiger partial charge in [-0.25, -0.2) is 4.98 Å². The van der Waals surface area contributed by atoms with Crippen LogP contribution in [0.3, 0.4) is 0 Å². The van der Waals surface area contributed by atoms with Crippen LogP contribution in [0.25, 0.3) is 11.2 Å². The molecule has 3 aromatic rings. The van der Waals surface area contributed by atoms with Gasteiger partial charge in [0.05, 0.1) is 6.33 Å². The van der Waals surface area contributed by atoms with Crippen LogP contribution in [0.2, 0.25) is 5.28 Å². The molecule has 0 amide bonds. The summed E-state index contributed by atoms with van der Waals surface area (Å²) >= 11 is 6.18. The number of hydrogen-bond acceptors (Lipinski definition) is 5. The van der Waals surface area contributed by atoms with Gasteiger partial charge >= 0.3 is 0 Å². The van der Waals surface area contributed by atoms with Crippen LogP contribution in [0.1, 0.15) is 56.0 Å². The van der Waals surface area contributed by atoms with Crippen molar-refractivity contribution in [3.63, 3.8) is 0 Å². The SMILES string of the molecule is CCCCC(C)n1cnc2c(NCc3cnc(C)cc3C)nc(Cl)nc21. The highest BCUT2D eigenvalue weighted by atomic mass is 35.5. The Balaban J connectivity index is 1.87. The molecule has 3 heterocycles. The van der Waals surface area contributed by atoms with Crippen molar-refractivity contribution in [1.82, 2.24) is 24.5 Å². The van der Waals surface area contributed by atoms with Gasteiger partial charge in [-0.05, 0) is 56.0 Å². The maximum absolute atomic E-state index is 6.18. The van der Waals surface area contributed by atoms with Crippen molar-refractivity contribution in [2.45, 2.75) is 59.5 Å². The van der Waals surface area contributed by atoms with E-state index in [9.17, 15) is 0 Å². The molecule has 0 radical (unpaired) electrons. The lowest BCUT2D eigenvalue weighted by Gasteiger charge is -2.14. The summed E-state index contributed by atoms with van der Waals surface area (Å²) in [6, 6.07) is 2.39. The first kappa shape index (κ1) is 18.6. The molecule has 26 heavy (non-hydrogen) atoms. The predicted molar refractivity (Wildman–Crippen MR) is 106 cm³/mol. The summed E-state index contributed by atoms with van der Waals surface area (Å²) in [5.41, 5.74) is 4.85. The van der Waals surface area contributed by atoms with E-state index in [1.54, 1.807) is 0 Å². The Bertz CT molecular complexity index is 904. The monoisotopic (exact) mass is 372 g/mol. The van der Waals surface area contributed by atoms with Gasteiger partial charge in [0.25, 0.3) is 0 Å². The van der Waals surface area contributed by atoms with Gasteiger partial charge < -0.3 is 9.88 Å². The molecule has 0 spiro atoms. The van der Waals surface area contributed by atoms with Crippen LogP contribution in [-0.2, 0) is 6.54 Å². The average Bonchev–Trinajstić information content (AvgIpc) is 3.02. The second-order valence-corrected chi connectivity index (χ2v) is 7.10. The van der Waals surface area contributed by atoms with E-state index in [-0.39, 0.29) is 5.28 Å². The van der Waals surface area contributed by atoms with Crippen molar-refractivity contribution < 1.29 is 0 Å². The van der Waals surface area contributed by atoms with E-state index in [2.05, 4.69) is 56.7 Å². The van der Waals surface area contributed by atoms with E-state index in [1.165, 1.54) is 18.4 Å². The number of imidazole rings is 1. The highest BCUT2D eigenvalue weighted by Gasteiger charge is 2.16. The number of pyridine rings is 1. The number of halogens is 1. The van der Waals surface area contributed by atoms with Crippen molar-refractivity contribution in [2.24, 2.45) is 0 Å². The third kappa shape index (κ3) is 3.96. The van der Waals surface area contributed by atoms with Gasteiger partial charge in [-0.1, -0.05) is 19.8 Å². The molecule has 3 rings (SSSR count).